The van der Waals surface area contributed by atoms with Gasteiger partial charge in [-0.1, -0.05) is 0 Å². The van der Waals surface area contributed by atoms with Crippen molar-refractivity contribution in [2.45, 2.75) is 13.3 Å². The molecule has 1 fully saturated rings. The standard InChI is InChI=1S/C14H25N7O/c1-11-9-14(19-18-11)17-12(15)10-13(16)21-5-3-20(4-6-21)7-8-22-2/h9,16H,3-8,10H2,1-2H3,(H3,15,17,18,19). The van der Waals surface area contributed by atoms with Gasteiger partial charge in [0.1, 0.15) is 11.7 Å². The van der Waals surface area contributed by atoms with Crippen LogP contribution in [0.3, 0.4) is 0 Å². The molecule has 2 heterocycles. The van der Waals surface area contributed by atoms with E-state index in [4.69, 9.17) is 15.9 Å². The van der Waals surface area contributed by atoms with Gasteiger partial charge in [-0.3, -0.25) is 15.4 Å². The molecular weight excluding hydrogens is 282 g/mol. The van der Waals surface area contributed by atoms with E-state index in [-0.39, 0.29) is 0 Å². The molecule has 122 valence electrons. The van der Waals surface area contributed by atoms with Crippen molar-refractivity contribution >= 4 is 17.5 Å². The van der Waals surface area contributed by atoms with Gasteiger partial charge in [0.2, 0.25) is 0 Å². The largest absolute Gasteiger partial charge is 0.387 e. The highest BCUT2D eigenvalue weighted by Gasteiger charge is 2.19. The quantitative estimate of drug-likeness (QED) is 0.519. The smallest absolute Gasteiger partial charge is 0.175 e. The Balaban J connectivity index is 1.79. The highest BCUT2D eigenvalue weighted by molar-refractivity contribution is 6.01. The number of aromatic nitrogens is 2. The fourth-order valence-corrected chi connectivity index (χ4v) is 2.39. The van der Waals surface area contributed by atoms with Gasteiger partial charge < -0.3 is 15.4 Å². The van der Waals surface area contributed by atoms with Gasteiger partial charge >= 0.3 is 0 Å². The summed E-state index contributed by atoms with van der Waals surface area (Å²) in [6.45, 7) is 7.19. The molecule has 0 amide bonds. The molecule has 0 unspecified atom stereocenters. The number of amidine groups is 2. The monoisotopic (exact) mass is 307 g/mol. The Hall–Kier alpha value is -1.93. The number of H-pyrrole nitrogens is 1. The number of aryl methyl sites for hydroxylation is 1. The van der Waals surface area contributed by atoms with E-state index in [2.05, 4.69) is 25.0 Å². The molecule has 1 saturated heterocycles. The molecule has 8 nitrogen and oxygen atoms in total. The summed E-state index contributed by atoms with van der Waals surface area (Å²) in [7, 11) is 1.72. The minimum atomic E-state index is 0.351. The lowest BCUT2D eigenvalue weighted by Gasteiger charge is -2.35. The summed E-state index contributed by atoms with van der Waals surface area (Å²) in [4.78, 5) is 8.63. The van der Waals surface area contributed by atoms with Crippen molar-refractivity contribution in [2.24, 2.45) is 10.7 Å². The van der Waals surface area contributed by atoms with Gasteiger partial charge in [-0.2, -0.15) is 5.10 Å². The molecule has 0 saturated carbocycles. The van der Waals surface area contributed by atoms with Crippen molar-refractivity contribution in [2.75, 3.05) is 46.4 Å². The Morgan fingerprint density at radius 3 is 2.77 bits per heavy atom. The molecule has 1 aromatic heterocycles. The number of nitrogens with two attached hydrogens (primary N) is 1. The summed E-state index contributed by atoms with van der Waals surface area (Å²) >= 11 is 0. The molecule has 1 aliphatic heterocycles. The molecule has 0 aromatic carbocycles. The number of hydrogen-bond acceptors (Lipinski definition) is 5. The van der Waals surface area contributed by atoms with E-state index in [1.807, 2.05) is 13.0 Å². The summed E-state index contributed by atoms with van der Waals surface area (Å²) in [6, 6.07) is 1.82. The van der Waals surface area contributed by atoms with Crippen LogP contribution in [0.25, 0.3) is 0 Å². The molecular formula is C14H25N7O. The van der Waals surface area contributed by atoms with Crippen LogP contribution in [-0.2, 0) is 4.74 Å². The fraction of sp³-hybridized carbons (Fsp3) is 0.643. The number of nitrogens with zero attached hydrogens (tertiary/aromatic N) is 4. The minimum absolute atomic E-state index is 0.351. The Kier molecular flexibility index (Phi) is 5.91. The second-order valence-electron chi connectivity index (χ2n) is 5.46. The lowest BCUT2D eigenvalue weighted by atomic mass is 10.2. The van der Waals surface area contributed by atoms with Crippen LogP contribution in [0.1, 0.15) is 12.1 Å². The van der Waals surface area contributed by atoms with Crippen LogP contribution in [0, 0.1) is 12.3 Å². The topological polar surface area (TPSA) is 107 Å². The SMILES string of the molecule is COCCN1CCN(C(=N)CC(N)=Nc2cc(C)[nH]n2)CC1. The number of piperazine rings is 1. The van der Waals surface area contributed by atoms with Gasteiger partial charge in [0.25, 0.3) is 0 Å². The number of methoxy groups -OCH3 is 1. The molecule has 1 aliphatic rings. The molecule has 1 aromatic rings. The Morgan fingerprint density at radius 2 is 2.18 bits per heavy atom. The zero-order valence-electron chi connectivity index (χ0n) is 13.3. The van der Waals surface area contributed by atoms with Crippen molar-refractivity contribution in [3.05, 3.63) is 11.8 Å². The number of hydrogen-bond donors (Lipinski definition) is 3. The Labute approximate surface area is 130 Å². The number of ether oxygens (including phenoxy) is 1. The molecule has 0 atom stereocenters. The van der Waals surface area contributed by atoms with Crippen LogP contribution >= 0.6 is 0 Å². The summed E-state index contributed by atoms with van der Waals surface area (Å²) in [5.74, 6) is 1.49. The minimum Gasteiger partial charge on any atom is -0.387 e. The molecule has 0 radical (unpaired) electrons. The average molecular weight is 307 g/mol. The van der Waals surface area contributed by atoms with Crippen LogP contribution in [-0.4, -0.2) is 78.1 Å². The van der Waals surface area contributed by atoms with Crippen molar-refractivity contribution in [3.8, 4) is 0 Å². The Morgan fingerprint density at radius 1 is 1.45 bits per heavy atom. The van der Waals surface area contributed by atoms with Gasteiger partial charge in [0, 0.05) is 51.6 Å². The van der Waals surface area contributed by atoms with E-state index in [0.29, 0.717) is 23.9 Å². The highest BCUT2D eigenvalue weighted by Crippen LogP contribution is 2.09. The van der Waals surface area contributed by atoms with Crippen LogP contribution < -0.4 is 5.73 Å². The van der Waals surface area contributed by atoms with Gasteiger partial charge in [0.15, 0.2) is 5.82 Å². The lowest BCUT2D eigenvalue weighted by molar-refractivity contribution is 0.120. The van der Waals surface area contributed by atoms with Gasteiger partial charge in [-0.25, -0.2) is 4.99 Å². The van der Waals surface area contributed by atoms with E-state index in [9.17, 15) is 0 Å². The third-order valence-corrected chi connectivity index (χ3v) is 3.66. The van der Waals surface area contributed by atoms with E-state index in [1.54, 1.807) is 7.11 Å². The number of aromatic amines is 1. The first-order chi connectivity index (χ1) is 10.6. The van der Waals surface area contributed by atoms with Crippen LogP contribution in [0.4, 0.5) is 5.82 Å². The number of nitrogens with one attached hydrogen (secondary N) is 2. The summed E-state index contributed by atoms with van der Waals surface area (Å²) < 4.78 is 5.09. The van der Waals surface area contributed by atoms with Gasteiger partial charge in [-0.15, -0.1) is 0 Å². The molecule has 0 aliphatic carbocycles. The summed E-state index contributed by atoms with van der Waals surface area (Å²) in [5, 5.41) is 15.0. The van der Waals surface area contributed by atoms with E-state index >= 15 is 0 Å². The van der Waals surface area contributed by atoms with Crippen LogP contribution in [0.15, 0.2) is 11.1 Å². The first-order valence-corrected chi connectivity index (χ1v) is 7.47. The predicted molar refractivity (Wildman–Crippen MR) is 86.8 cm³/mol. The lowest BCUT2D eigenvalue weighted by Crippen LogP contribution is -2.49. The molecule has 2 rings (SSSR count). The van der Waals surface area contributed by atoms with Crippen molar-refractivity contribution in [1.82, 2.24) is 20.0 Å². The zero-order chi connectivity index (χ0) is 15.9. The molecule has 4 N–H and O–H groups in total. The maximum Gasteiger partial charge on any atom is 0.175 e. The first-order valence-electron chi connectivity index (χ1n) is 7.47. The maximum atomic E-state index is 8.18. The first kappa shape index (κ1) is 16.4. The van der Waals surface area contributed by atoms with Gasteiger partial charge in [0.05, 0.1) is 13.0 Å². The fourth-order valence-electron chi connectivity index (χ4n) is 2.39. The second-order valence-corrected chi connectivity index (χ2v) is 5.46. The summed E-state index contributed by atoms with van der Waals surface area (Å²) in [5.41, 5.74) is 6.86. The third kappa shape index (κ3) is 4.81. The Bertz CT molecular complexity index is 517. The zero-order valence-corrected chi connectivity index (χ0v) is 13.3. The number of aliphatic imine (C=N–C) groups is 1. The summed E-state index contributed by atoms with van der Waals surface area (Å²) in [6.07, 6.45) is 0.351. The molecule has 0 bridgehead atoms. The molecule has 0 spiro atoms. The van der Waals surface area contributed by atoms with E-state index < -0.39 is 0 Å². The third-order valence-electron chi connectivity index (χ3n) is 3.66. The highest BCUT2D eigenvalue weighted by atomic mass is 16.5. The van der Waals surface area contributed by atoms with Crippen molar-refractivity contribution < 1.29 is 4.74 Å². The predicted octanol–water partition coefficient (Wildman–Crippen LogP) is 0.338. The normalized spacial score (nSPS) is 17.0. The van der Waals surface area contributed by atoms with Crippen LogP contribution in [0.2, 0.25) is 0 Å². The van der Waals surface area contributed by atoms with E-state index in [0.717, 1.165) is 45.0 Å². The van der Waals surface area contributed by atoms with Gasteiger partial charge in [-0.05, 0) is 6.92 Å². The molecule has 22 heavy (non-hydrogen) atoms. The van der Waals surface area contributed by atoms with Crippen molar-refractivity contribution in [3.63, 3.8) is 0 Å². The number of rotatable bonds is 6. The second kappa shape index (κ2) is 7.90. The molecule has 8 heteroatoms. The van der Waals surface area contributed by atoms with E-state index in [1.165, 1.54) is 0 Å². The average Bonchev–Trinajstić information content (AvgIpc) is 2.90. The van der Waals surface area contributed by atoms with Crippen molar-refractivity contribution in [1.29, 1.82) is 5.41 Å². The van der Waals surface area contributed by atoms with Crippen LogP contribution in [0.5, 0.6) is 0 Å². The maximum absolute atomic E-state index is 8.18.